The number of carbonyl (C=O) groups excluding carboxylic acids is 1. The summed E-state index contributed by atoms with van der Waals surface area (Å²) in [7, 11) is 0. The molecule has 0 aromatic carbocycles. The van der Waals surface area contributed by atoms with Gasteiger partial charge in [-0.15, -0.1) is 11.3 Å². The first-order chi connectivity index (χ1) is 9.29. The molecule has 2 N–H and O–H groups in total. The topological polar surface area (TPSA) is 58.6 Å². The Morgan fingerprint density at radius 3 is 3.21 bits per heavy atom. The number of ether oxygens (including phenoxy) is 1. The van der Waals surface area contributed by atoms with E-state index in [9.17, 15) is 4.79 Å². The molecule has 1 aliphatic heterocycles. The van der Waals surface area contributed by atoms with Gasteiger partial charge in [0.25, 0.3) is 5.91 Å². The molecule has 0 saturated carbocycles. The van der Waals surface area contributed by atoms with Gasteiger partial charge in [-0.3, -0.25) is 4.79 Å². The standard InChI is InChI=1S/C14H17NO3S/c16-7-1-4-12-5-6-13(19-12)14(17)15-9-11-3-2-8-18-10-11/h5-6,11,16H,2-3,7-10H2,(H,15,17). The van der Waals surface area contributed by atoms with Gasteiger partial charge in [0.15, 0.2) is 0 Å². The van der Waals surface area contributed by atoms with Gasteiger partial charge >= 0.3 is 0 Å². The Morgan fingerprint density at radius 1 is 1.58 bits per heavy atom. The predicted molar refractivity (Wildman–Crippen MR) is 74.2 cm³/mol. The number of hydrogen-bond donors (Lipinski definition) is 2. The molecule has 102 valence electrons. The van der Waals surface area contributed by atoms with Crippen molar-refractivity contribution in [1.29, 1.82) is 0 Å². The summed E-state index contributed by atoms with van der Waals surface area (Å²) in [6, 6.07) is 3.56. The maximum absolute atomic E-state index is 11.9. The van der Waals surface area contributed by atoms with Crippen molar-refractivity contribution in [2.24, 2.45) is 5.92 Å². The third-order valence-corrected chi connectivity index (χ3v) is 3.93. The molecule has 1 amide bonds. The van der Waals surface area contributed by atoms with Crippen molar-refractivity contribution in [2.45, 2.75) is 12.8 Å². The summed E-state index contributed by atoms with van der Waals surface area (Å²) in [6.45, 7) is 2.07. The highest BCUT2D eigenvalue weighted by atomic mass is 32.1. The summed E-state index contributed by atoms with van der Waals surface area (Å²) in [5.74, 6) is 5.72. The second-order valence-electron chi connectivity index (χ2n) is 4.42. The highest BCUT2D eigenvalue weighted by molar-refractivity contribution is 7.14. The summed E-state index contributed by atoms with van der Waals surface area (Å²) >= 11 is 1.34. The number of amides is 1. The van der Waals surface area contributed by atoms with Crippen LogP contribution in [0.5, 0.6) is 0 Å². The van der Waals surface area contributed by atoms with Gasteiger partial charge in [-0.1, -0.05) is 11.8 Å². The summed E-state index contributed by atoms with van der Waals surface area (Å²) in [5.41, 5.74) is 0. The van der Waals surface area contributed by atoms with Crippen molar-refractivity contribution in [3.05, 3.63) is 21.9 Å². The van der Waals surface area contributed by atoms with Crippen LogP contribution in [0.15, 0.2) is 12.1 Å². The van der Waals surface area contributed by atoms with Crippen molar-refractivity contribution < 1.29 is 14.6 Å². The zero-order valence-corrected chi connectivity index (χ0v) is 11.5. The van der Waals surface area contributed by atoms with Gasteiger partial charge in [-0.2, -0.15) is 0 Å². The molecule has 5 heteroatoms. The molecule has 0 radical (unpaired) electrons. The van der Waals surface area contributed by atoms with Gasteiger partial charge in [0.2, 0.25) is 0 Å². The smallest absolute Gasteiger partial charge is 0.261 e. The van der Waals surface area contributed by atoms with Crippen molar-refractivity contribution in [3.63, 3.8) is 0 Å². The molecule has 1 atom stereocenters. The number of nitrogens with one attached hydrogen (secondary N) is 1. The van der Waals surface area contributed by atoms with Crippen LogP contribution in [0.25, 0.3) is 0 Å². The maximum Gasteiger partial charge on any atom is 0.261 e. The molecule has 1 unspecified atom stereocenters. The second-order valence-corrected chi connectivity index (χ2v) is 5.50. The Morgan fingerprint density at radius 2 is 2.47 bits per heavy atom. The fourth-order valence-corrected chi connectivity index (χ4v) is 2.74. The van der Waals surface area contributed by atoms with Gasteiger partial charge in [0, 0.05) is 13.2 Å². The Labute approximate surface area is 116 Å². The fourth-order valence-electron chi connectivity index (χ4n) is 1.95. The van der Waals surface area contributed by atoms with E-state index in [1.54, 1.807) is 12.1 Å². The van der Waals surface area contributed by atoms with E-state index < -0.39 is 0 Å². The van der Waals surface area contributed by atoms with Crippen molar-refractivity contribution in [2.75, 3.05) is 26.4 Å². The molecule has 2 rings (SSSR count). The van der Waals surface area contributed by atoms with E-state index in [2.05, 4.69) is 17.2 Å². The average molecular weight is 279 g/mol. The molecular formula is C14H17NO3S. The lowest BCUT2D eigenvalue weighted by Crippen LogP contribution is -2.32. The van der Waals surface area contributed by atoms with E-state index >= 15 is 0 Å². The fraction of sp³-hybridized carbons (Fsp3) is 0.500. The van der Waals surface area contributed by atoms with Gasteiger partial charge in [-0.25, -0.2) is 0 Å². The molecule has 4 nitrogen and oxygen atoms in total. The SMILES string of the molecule is O=C(NCC1CCCOC1)c1ccc(C#CCO)s1. The molecule has 0 aliphatic carbocycles. The lowest BCUT2D eigenvalue weighted by molar-refractivity contribution is 0.0536. The van der Waals surface area contributed by atoms with Crippen LogP contribution in [0.1, 0.15) is 27.4 Å². The lowest BCUT2D eigenvalue weighted by Gasteiger charge is -2.21. The van der Waals surface area contributed by atoms with Crippen LogP contribution in [-0.2, 0) is 4.74 Å². The summed E-state index contributed by atoms with van der Waals surface area (Å²) < 4.78 is 5.38. The molecule has 0 bridgehead atoms. The summed E-state index contributed by atoms with van der Waals surface area (Å²) in [5, 5.41) is 11.5. The van der Waals surface area contributed by atoms with E-state index in [0.29, 0.717) is 17.3 Å². The van der Waals surface area contributed by atoms with Crippen LogP contribution in [-0.4, -0.2) is 37.4 Å². The van der Waals surface area contributed by atoms with Crippen LogP contribution in [0.4, 0.5) is 0 Å². The molecule has 1 aromatic heterocycles. The highest BCUT2D eigenvalue weighted by Crippen LogP contribution is 2.16. The van der Waals surface area contributed by atoms with E-state index in [1.807, 2.05) is 0 Å². The zero-order chi connectivity index (χ0) is 13.5. The summed E-state index contributed by atoms with van der Waals surface area (Å²) in [4.78, 5) is 13.4. The largest absolute Gasteiger partial charge is 0.384 e. The number of aliphatic hydroxyl groups excluding tert-OH is 1. The Kier molecular flexibility index (Phi) is 5.40. The van der Waals surface area contributed by atoms with Crippen molar-refractivity contribution in [1.82, 2.24) is 5.32 Å². The van der Waals surface area contributed by atoms with E-state index in [-0.39, 0.29) is 12.5 Å². The zero-order valence-electron chi connectivity index (χ0n) is 10.6. The normalized spacial score (nSPS) is 18.5. The van der Waals surface area contributed by atoms with Crippen LogP contribution >= 0.6 is 11.3 Å². The van der Waals surface area contributed by atoms with Gasteiger partial charge < -0.3 is 15.2 Å². The van der Waals surface area contributed by atoms with E-state index in [1.165, 1.54) is 11.3 Å². The minimum absolute atomic E-state index is 0.0624. The summed E-state index contributed by atoms with van der Waals surface area (Å²) in [6.07, 6.45) is 2.18. The van der Waals surface area contributed by atoms with Crippen LogP contribution < -0.4 is 5.32 Å². The predicted octanol–water partition coefficient (Wildman–Crippen LogP) is 1.25. The number of rotatable bonds is 3. The lowest BCUT2D eigenvalue weighted by atomic mass is 10.0. The van der Waals surface area contributed by atoms with Gasteiger partial charge in [-0.05, 0) is 30.9 Å². The number of hydrogen-bond acceptors (Lipinski definition) is 4. The third kappa shape index (κ3) is 4.35. The number of carbonyl (C=O) groups is 1. The molecule has 0 spiro atoms. The first-order valence-electron chi connectivity index (χ1n) is 6.35. The average Bonchev–Trinajstić information content (AvgIpc) is 2.92. The van der Waals surface area contributed by atoms with E-state index in [0.717, 1.165) is 30.9 Å². The molecule has 1 aliphatic rings. The minimum atomic E-state index is -0.166. The molecule has 1 aromatic rings. The monoisotopic (exact) mass is 279 g/mol. The molecule has 19 heavy (non-hydrogen) atoms. The van der Waals surface area contributed by atoms with Crippen molar-refractivity contribution in [3.8, 4) is 11.8 Å². The van der Waals surface area contributed by atoms with E-state index in [4.69, 9.17) is 9.84 Å². The molecular weight excluding hydrogens is 262 g/mol. The Hall–Kier alpha value is -1.35. The van der Waals surface area contributed by atoms with Crippen LogP contribution in [0.3, 0.4) is 0 Å². The van der Waals surface area contributed by atoms with Gasteiger partial charge in [0.1, 0.15) is 6.61 Å². The minimum Gasteiger partial charge on any atom is -0.384 e. The third-order valence-electron chi connectivity index (χ3n) is 2.93. The first kappa shape index (κ1) is 14.1. The van der Waals surface area contributed by atoms with Crippen molar-refractivity contribution >= 4 is 17.2 Å². The van der Waals surface area contributed by atoms with Crippen LogP contribution in [0, 0.1) is 17.8 Å². The molecule has 2 heterocycles. The molecule has 1 saturated heterocycles. The van der Waals surface area contributed by atoms with Gasteiger partial charge in [0.05, 0.1) is 16.4 Å². The maximum atomic E-state index is 11.9. The Balaban J connectivity index is 1.83. The highest BCUT2D eigenvalue weighted by Gasteiger charge is 2.15. The second kappa shape index (κ2) is 7.29. The number of aliphatic hydroxyl groups is 1. The quantitative estimate of drug-likeness (QED) is 0.819. The number of thiophene rings is 1. The Bertz CT molecular complexity index is 480. The molecule has 1 fully saturated rings. The van der Waals surface area contributed by atoms with Crippen LogP contribution in [0.2, 0.25) is 0 Å². The first-order valence-corrected chi connectivity index (χ1v) is 7.16.